The molecule has 0 aliphatic carbocycles. The average Bonchev–Trinajstić information content (AvgIpc) is 3.38. The van der Waals surface area contributed by atoms with Crippen LogP contribution in [0.3, 0.4) is 0 Å². The zero-order chi connectivity index (χ0) is 18.6. The molecule has 4 rings (SSSR count). The van der Waals surface area contributed by atoms with Crippen LogP contribution in [0.4, 0.5) is 0 Å². The van der Waals surface area contributed by atoms with E-state index in [2.05, 4.69) is 20.1 Å². The lowest BCUT2D eigenvalue weighted by atomic mass is 10.1. The summed E-state index contributed by atoms with van der Waals surface area (Å²) in [6.45, 7) is 1.80. The quantitative estimate of drug-likeness (QED) is 0.739. The molecule has 0 spiro atoms. The third-order valence-electron chi connectivity index (χ3n) is 4.73. The smallest absolute Gasteiger partial charge is 0.251 e. The van der Waals surface area contributed by atoms with Gasteiger partial charge in [-0.3, -0.25) is 19.3 Å². The molecular formula is C19H20N6O2. The van der Waals surface area contributed by atoms with Crippen LogP contribution < -0.4 is 5.56 Å². The van der Waals surface area contributed by atoms with Gasteiger partial charge >= 0.3 is 0 Å². The summed E-state index contributed by atoms with van der Waals surface area (Å²) in [5.41, 5.74) is 1.01. The van der Waals surface area contributed by atoms with E-state index >= 15 is 0 Å². The number of nitrogens with zero attached hydrogens (tertiary/aromatic N) is 5. The fraction of sp³-hybridized carbons (Fsp3) is 0.316. The van der Waals surface area contributed by atoms with Crippen LogP contribution in [0.25, 0.3) is 11.4 Å². The molecule has 8 nitrogen and oxygen atoms in total. The highest BCUT2D eigenvalue weighted by atomic mass is 16.2. The number of aryl methyl sites for hydroxylation is 1. The zero-order valence-electron chi connectivity index (χ0n) is 14.8. The van der Waals surface area contributed by atoms with Crippen LogP contribution in [0.15, 0.2) is 53.7 Å². The molecule has 0 aromatic carbocycles. The number of aromatic amines is 1. The molecule has 1 atom stereocenters. The maximum atomic E-state index is 12.5. The van der Waals surface area contributed by atoms with Crippen molar-refractivity contribution in [2.45, 2.75) is 25.3 Å². The van der Waals surface area contributed by atoms with E-state index in [-0.39, 0.29) is 17.4 Å². The van der Waals surface area contributed by atoms with E-state index in [1.54, 1.807) is 17.1 Å². The summed E-state index contributed by atoms with van der Waals surface area (Å²) in [6, 6.07) is 8.80. The van der Waals surface area contributed by atoms with Crippen LogP contribution in [-0.4, -0.2) is 48.6 Å². The van der Waals surface area contributed by atoms with Gasteiger partial charge in [0.1, 0.15) is 5.82 Å². The summed E-state index contributed by atoms with van der Waals surface area (Å²) in [6.07, 6.45) is 6.41. The van der Waals surface area contributed by atoms with Gasteiger partial charge < -0.3 is 9.88 Å². The van der Waals surface area contributed by atoms with Crippen LogP contribution in [0, 0.1) is 0 Å². The minimum Gasteiger partial charge on any atom is -0.342 e. The first kappa shape index (κ1) is 17.1. The van der Waals surface area contributed by atoms with Crippen molar-refractivity contribution in [1.82, 2.24) is 29.6 Å². The number of H-pyrrole nitrogens is 1. The predicted molar refractivity (Wildman–Crippen MR) is 98.9 cm³/mol. The van der Waals surface area contributed by atoms with Gasteiger partial charge in [0.05, 0.1) is 11.4 Å². The van der Waals surface area contributed by atoms with Gasteiger partial charge in [0, 0.05) is 56.6 Å². The van der Waals surface area contributed by atoms with Crippen molar-refractivity contribution in [1.29, 1.82) is 0 Å². The molecule has 3 aromatic rings. The third kappa shape index (κ3) is 3.94. The predicted octanol–water partition coefficient (Wildman–Crippen LogP) is 1.43. The molecule has 4 heterocycles. The van der Waals surface area contributed by atoms with Gasteiger partial charge in [-0.15, -0.1) is 0 Å². The fourth-order valence-electron chi connectivity index (χ4n) is 3.33. The Kier molecular flexibility index (Phi) is 4.78. The van der Waals surface area contributed by atoms with Crippen molar-refractivity contribution in [2.24, 2.45) is 0 Å². The number of aromatic nitrogens is 5. The maximum absolute atomic E-state index is 12.5. The Balaban J connectivity index is 1.45. The van der Waals surface area contributed by atoms with Gasteiger partial charge in [-0.05, 0) is 24.6 Å². The van der Waals surface area contributed by atoms with Crippen LogP contribution in [0.5, 0.6) is 0 Å². The van der Waals surface area contributed by atoms with Crippen molar-refractivity contribution in [3.05, 3.63) is 65.1 Å². The summed E-state index contributed by atoms with van der Waals surface area (Å²) in [5, 5.41) is 4.12. The van der Waals surface area contributed by atoms with Gasteiger partial charge in [0.2, 0.25) is 5.91 Å². The number of hydrogen-bond donors (Lipinski definition) is 1. The summed E-state index contributed by atoms with van der Waals surface area (Å²) in [7, 11) is 0. The van der Waals surface area contributed by atoms with Crippen molar-refractivity contribution in [3.63, 3.8) is 0 Å². The average molecular weight is 364 g/mol. The number of likely N-dealkylation sites (tertiary alicyclic amines) is 1. The largest absolute Gasteiger partial charge is 0.342 e. The van der Waals surface area contributed by atoms with E-state index in [1.165, 1.54) is 6.07 Å². The summed E-state index contributed by atoms with van der Waals surface area (Å²) < 4.78 is 1.75. The molecule has 3 aromatic heterocycles. The highest BCUT2D eigenvalue weighted by molar-refractivity contribution is 5.76. The molecule has 1 amide bonds. The third-order valence-corrected chi connectivity index (χ3v) is 4.73. The second-order valence-electron chi connectivity index (χ2n) is 6.58. The van der Waals surface area contributed by atoms with Gasteiger partial charge in [-0.2, -0.15) is 5.10 Å². The Bertz CT molecular complexity index is 967. The van der Waals surface area contributed by atoms with Gasteiger partial charge in [-0.1, -0.05) is 6.07 Å². The lowest BCUT2D eigenvalue weighted by Gasteiger charge is -2.16. The molecule has 1 aliphatic heterocycles. The van der Waals surface area contributed by atoms with Gasteiger partial charge in [-0.25, -0.2) is 4.98 Å². The molecule has 1 unspecified atom stereocenters. The van der Waals surface area contributed by atoms with E-state index < -0.39 is 0 Å². The lowest BCUT2D eigenvalue weighted by Crippen LogP contribution is -2.29. The molecule has 8 heteroatoms. The Labute approximate surface area is 155 Å². The number of hydrogen-bond acceptors (Lipinski definition) is 5. The first-order chi connectivity index (χ1) is 13.2. The second kappa shape index (κ2) is 7.53. The van der Waals surface area contributed by atoms with Gasteiger partial charge in [0.15, 0.2) is 0 Å². The minimum atomic E-state index is -0.205. The number of rotatable bonds is 5. The molecular weight excluding hydrogens is 344 g/mol. The van der Waals surface area contributed by atoms with Crippen LogP contribution in [0.1, 0.15) is 24.6 Å². The Morgan fingerprint density at radius 2 is 2.15 bits per heavy atom. The van der Waals surface area contributed by atoms with Crippen LogP contribution in [0.2, 0.25) is 0 Å². The zero-order valence-corrected chi connectivity index (χ0v) is 14.8. The number of pyridine rings is 1. The topological polar surface area (TPSA) is 96.8 Å². The number of carbonyl (C=O) groups excluding carboxylic acids is 1. The SMILES string of the molecule is O=C(CCn1cccn1)N1CCC(c2nc(-c3ccccn3)cc(=O)[nH]2)C1. The standard InChI is InChI=1S/C19H20N6O2/c26-17-12-16(15-4-1-2-7-20-15)22-19(23-17)14-5-10-24(13-14)18(27)6-11-25-9-3-8-21-25/h1-4,7-9,12,14H,5-6,10-11,13H2,(H,22,23,26). The number of amides is 1. The van der Waals surface area contributed by atoms with Crippen LogP contribution >= 0.6 is 0 Å². The Hall–Kier alpha value is -3.29. The summed E-state index contributed by atoms with van der Waals surface area (Å²) >= 11 is 0. The van der Waals surface area contributed by atoms with E-state index in [1.807, 2.05) is 35.4 Å². The van der Waals surface area contributed by atoms with Crippen molar-refractivity contribution >= 4 is 5.91 Å². The Morgan fingerprint density at radius 1 is 1.22 bits per heavy atom. The van der Waals surface area contributed by atoms with E-state index in [0.29, 0.717) is 43.3 Å². The fourth-order valence-corrected chi connectivity index (χ4v) is 3.33. The summed E-state index contributed by atoms with van der Waals surface area (Å²) in [5.74, 6) is 0.733. The van der Waals surface area contributed by atoms with Gasteiger partial charge in [0.25, 0.3) is 5.56 Å². The molecule has 1 N–H and O–H groups in total. The van der Waals surface area contributed by atoms with E-state index in [9.17, 15) is 9.59 Å². The molecule has 1 aliphatic rings. The van der Waals surface area contributed by atoms with E-state index in [4.69, 9.17) is 0 Å². The maximum Gasteiger partial charge on any atom is 0.251 e. The first-order valence-corrected chi connectivity index (χ1v) is 8.97. The molecule has 1 saturated heterocycles. The summed E-state index contributed by atoms with van der Waals surface area (Å²) in [4.78, 5) is 38.1. The minimum absolute atomic E-state index is 0.0232. The molecule has 0 saturated carbocycles. The van der Waals surface area contributed by atoms with E-state index in [0.717, 1.165) is 6.42 Å². The first-order valence-electron chi connectivity index (χ1n) is 8.97. The van der Waals surface area contributed by atoms with Crippen molar-refractivity contribution in [2.75, 3.05) is 13.1 Å². The highest BCUT2D eigenvalue weighted by Gasteiger charge is 2.29. The Morgan fingerprint density at radius 3 is 2.93 bits per heavy atom. The molecule has 27 heavy (non-hydrogen) atoms. The number of nitrogens with one attached hydrogen (secondary N) is 1. The number of carbonyl (C=O) groups is 1. The molecule has 1 fully saturated rings. The molecule has 0 bridgehead atoms. The molecule has 138 valence electrons. The van der Waals surface area contributed by atoms with Crippen LogP contribution in [-0.2, 0) is 11.3 Å². The highest BCUT2D eigenvalue weighted by Crippen LogP contribution is 2.25. The molecule has 0 radical (unpaired) electrons. The normalized spacial score (nSPS) is 16.6. The van der Waals surface area contributed by atoms with Crippen molar-refractivity contribution < 1.29 is 4.79 Å². The lowest BCUT2D eigenvalue weighted by molar-refractivity contribution is -0.130. The second-order valence-corrected chi connectivity index (χ2v) is 6.58. The van der Waals surface area contributed by atoms with Crippen molar-refractivity contribution in [3.8, 4) is 11.4 Å². The monoisotopic (exact) mass is 364 g/mol.